The maximum absolute atomic E-state index is 3.32. The molecule has 1 N–H and O–H groups in total. The molecule has 0 unspecified atom stereocenters. The molecule has 44 valence electrons. The average molecular weight is 101 g/mol. The van der Waals surface area contributed by atoms with Crippen molar-refractivity contribution >= 4 is 0 Å². The minimum atomic E-state index is 0. The molecule has 0 aromatic rings. The summed E-state index contributed by atoms with van der Waals surface area (Å²) in [7, 11) is 0. The third kappa shape index (κ3) is 1.48. The van der Waals surface area contributed by atoms with Crippen LogP contribution in [0.15, 0.2) is 0 Å². The lowest BCUT2D eigenvalue weighted by Crippen LogP contribution is -2.26. The van der Waals surface area contributed by atoms with Gasteiger partial charge >= 0.3 is 0 Å². The largest absolute Gasteiger partial charge is 0.317 e. The molecule has 1 heterocycles. The Kier molecular flexibility index (Phi) is 1.69. The van der Waals surface area contributed by atoms with Gasteiger partial charge in [-0.15, -0.1) is 0 Å². The van der Waals surface area contributed by atoms with Crippen molar-refractivity contribution in [1.82, 2.24) is 5.32 Å². The number of hydrogen-bond donors (Lipinski definition) is 1. The molecule has 7 heavy (non-hydrogen) atoms. The Labute approximate surface area is 46.6 Å². The fraction of sp³-hybridized carbons (Fsp3) is 1.00. The SMILES string of the molecule is CC1CCNCC1.[HH]. The lowest BCUT2D eigenvalue weighted by Gasteiger charge is -2.17. The van der Waals surface area contributed by atoms with Gasteiger partial charge in [-0.25, -0.2) is 0 Å². The van der Waals surface area contributed by atoms with Crippen molar-refractivity contribution in [2.45, 2.75) is 19.8 Å². The first-order valence-corrected chi connectivity index (χ1v) is 3.10. The number of nitrogens with one attached hydrogen (secondary N) is 1. The van der Waals surface area contributed by atoms with Crippen molar-refractivity contribution in [2.24, 2.45) is 5.92 Å². The summed E-state index contributed by atoms with van der Waals surface area (Å²) in [5, 5.41) is 3.32. The Hall–Kier alpha value is -0.0400. The molecular weight excluding hydrogens is 86.1 g/mol. The van der Waals surface area contributed by atoms with E-state index < -0.39 is 0 Å². The standard InChI is InChI=1S/C6H13N.H2/c1-6-2-4-7-5-3-6;/h6-7H,2-5H2,1H3;1H. The van der Waals surface area contributed by atoms with Crippen molar-refractivity contribution in [3.63, 3.8) is 0 Å². The second-order valence-electron chi connectivity index (χ2n) is 2.43. The van der Waals surface area contributed by atoms with E-state index >= 15 is 0 Å². The minimum Gasteiger partial charge on any atom is -0.317 e. The Morgan fingerprint density at radius 2 is 2.00 bits per heavy atom. The van der Waals surface area contributed by atoms with Gasteiger partial charge in [0.15, 0.2) is 0 Å². The molecule has 0 radical (unpaired) electrons. The second-order valence-corrected chi connectivity index (χ2v) is 2.43. The summed E-state index contributed by atoms with van der Waals surface area (Å²) in [6.45, 7) is 4.79. The molecule has 1 heteroatoms. The molecule has 0 amide bonds. The predicted octanol–water partition coefficient (Wildman–Crippen LogP) is 1.25. The molecule has 0 aromatic heterocycles. The third-order valence-electron chi connectivity index (χ3n) is 1.63. The molecule has 0 aromatic carbocycles. The molecular formula is C6H15N. The van der Waals surface area contributed by atoms with Crippen molar-refractivity contribution in [1.29, 1.82) is 0 Å². The van der Waals surface area contributed by atoms with Gasteiger partial charge in [-0.3, -0.25) is 0 Å². The third-order valence-corrected chi connectivity index (χ3v) is 1.63. The molecule has 1 nitrogen and oxygen atoms in total. The normalized spacial score (nSPS) is 25.3. The fourth-order valence-corrected chi connectivity index (χ4v) is 0.966. The van der Waals surface area contributed by atoms with Crippen molar-refractivity contribution < 1.29 is 1.43 Å². The van der Waals surface area contributed by atoms with Crippen molar-refractivity contribution in [2.75, 3.05) is 13.1 Å². The lowest BCUT2D eigenvalue weighted by molar-refractivity contribution is 0.402. The summed E-state index contributed by atoms with van der Waals surface area (Å²) in [5.74, 6) is 0.973. The van der Waals surface area contributed by atoms with Gasteiger partial charge in [0.05, 0.1) is 0 Å². The average Bonchev–Trinajstić information content (AvgIpc) is 1.69. The highest BCUT2D eigenvalue weighted by Gasteiger charge is 2.04. The van der Waals surface area contributed by atoms with Crippen LogP contribution in [0.1, 0.15) is 21.2 Å². The van der Waals surface area contributed by atoms with Crippen LogP contribution in [0.5, 0.6) is 0 Å². The van der Waals surface area contributed by atoms with E-state index in [0.29, 0.717) is 0 Å². The molecule has 0 bridgehead atoms. The predicted molar refractivity (Wildman–Crippen MR) is 33.4 cm³/mol. The molecule has 1 aliphatic rings. The van der Waals surface area contributed by atoms with Crippen LogP contribution < -0.4 is 5.32 Å². The van der Waals surface area contributed by atoms with Gasteiger partial charge in [-0.1, -0.05) is 6.92 Å². The van der Waals surface area contributed by atoms with Gasteiger partial charge in [0.2, 0.25) is 0 Å². The van der Waals surface area contributed by atoms with Crippen LogP contribution in [-0.4, -0.2) is 13.1 Å². The van der Waals surface area contributed by atoms with Crippen LogP contribution in [0.4, 0.5) is 0 Å². The summed E-state index contributed by atoms with van der Waals surface area (Å²) >= 11 is 0. The molecule has 0 saturated carbocycles. The Bertz CT molecular complexity index is 50.5. The van der Waals surface area contributed by atoms with Gasteiger partial charge in [-0.05, 0) is 31.8 Å². The van der Waals surface area contributed by atoms with E-state index in [4.69, 9.17) is 0 Å². The van der Waals surface area contributed by atoms with E-state index in [1.54, 1.807) is 0 Å². The van der Waals surface area contributed by atoms with E-state index in [-0.39, 0.29) is 1.43 Å². The van der Waals surface area contributed by atoms with Crippen molar-refractivity contribution in [3.8, 4) is 0 Å². The van der Waals surface area contributed by atoms with E-state index in [1.807, 2.05) is 0 Å². The summed E-state index contributed by atoms with van der Waals surface area (Å²) < 4.78 is 0. The Morgan fingerprint density at radius 3 is 2.29 bits per heavy atom. The lowest BCUT2D eigenvalue weighted by atomic mass is 10.0. The maximum Gasteiger partial charge on any atom is 0 e. The zero-order valence-electron chi connectivity index (χ0n) is 4.91. The van der Waals surface area contributed by atoms with Crippen LogP contribution in [-0.2, 0) is 0 Å². The number of hydrogen-bond acceptors (Lipinski definition) is 1. The molecule has 0 spiro atoms. The minimum absolute atomic E-state index is 0. The van der Waals surface area contributed by atoms with E-state index in [0.717, 1.165) is 5.92 Å². The zero-order chi connectivity index (χ0) is 5.11. The molecule has 1 saturated heterocycles. The Balaban J connectivity index is 0.000000490. The van der Waals surface area contributed by atoms with Crippen LogP contribution in [0.3, 0.4) is 0 Å². The van der Waals surface area contributed by atoms with Crippen LogP contribution >= 0.6 is 0 Å². The number of piperidine rings is 1. The van der Waals surface area contributed by atoms with Gasteiger partial charge < -0.3 is 5.32 Å². The first-order valence-electron chi connectivity index (χ1n) is 3.10. The van der Waals surface area contributed by atoms with E-state index in [9.17, 15) is 0 Å². The molecule has 1 rings (SSSR count). The van der Waals surface area contributed by atoms with Gasteiger partial charge in [-0.2, -0.15) is 0 Å². The molecule has 1 fully saturated rings. The summed E-state index contributed by atoms with van der Waals surface area (Å²) in [6.07, 6.45) is 2.75. The van der Waals surface area contributed by atoms with Gasteiger partial charge in [0.25, 0.3) is 0 Å². The second kappa shape index (κ2) is 2.31. The summed E-state index contributed by atoms with van der Waals surface area (Å²) in [5.41, 5.74) is 0. The summed E-state index contributed by atoms with van der Waals surface area (Å²) in [4.78, 5) is 0. The highest BCUT2D eigenvalue weighted by molar-refractivity contribution is 4.62. The van der Waals surface area contributed by atoms with E-state index in [2.05, 4.69) is 12.2 Å². The molecule has 0 aliphatic carbocycles. The quantitative estimate of drug-likeness (QED) is 0.484. The van der Waals surface area contributed by atoms with Gasteiger partial charge in [0, 0.05) is 1.43 Å². The number of rotatable bonds is 0. The highest BCUT2D eigenvalue weighted by atomic mass is 14.9. The Morgan fingerprint density at radius 1 is 1.43 bits per heavy atom. The zero-order valence-corrected chi connectivity index (χ0v) is 4.91. The van der Waals surface area contributed by atoms with Gasteiger partial charge in [0.1, 0.15) is 0 Å². The molecule has 1 aliphatic heterocycles. The summed E-state index contributed by atoms with van der Waals surface area (Å²) in [6, 6.07) is 0. The van der Waals surface area contributed by atoms with Crippen molar-refractivity contribution in [3.05, 3.63) is 0 Å². The van der Waals surface area contributed by atoms with Crippen LogP contribution in [0.2, 0.25) is 0 Å². The maximum atomic E-state index is 3.32. The first-order chi connectivity index (χ1) is 3.39. The monoisotopic (exact) mass is 101 g/mol. The fourth-order valence-electron chi connectivity index (χ4n) is 0.966. The topological polar surface area (TPSA) is 12.0 Å². The van der Waals surface area contributed by atoms with E-state index in [1.165, 1.54) is 25.9 Å². The van der Waals surface area contributed by atoms with Crippen LogP contribution in [0, 0.1) is 5.92 Å². The first kappa shape index (κ1) is 5.10. The van der Waals surface area contributed by atoms with Crippen LogP contribution in [0.25, 0.3) is 0 Å². The smallest absolute Gasteiger partial charge is 0 e. The molecule has 0 atom stereocenters. The highest BCUT2D eigenvalue weighted by Crippen LogP contribution is 2.08.